The standard InChI is InChI=1S/C15H20Cl2N2O3/c1-10(20)19-4-3-18(8-13(21)9-19)7-11-5-12(16)6-14(17)15(11)22-2/h5-6,13,21H,3-4,7-9H2,1-2H3. The molecule has 122 valence electrons. The minimum absolute atomic E-state index is 0.0238. The Labute approximate surface area is 140 Å². The highest BCUT2D eigenvalue weighted by atomic mass is 35.5. The third kappa shape index (κ3) is 4.26. The first kappa shape index (κ1) is 17.3. The van der Waals surface area contributed by atoms with Crippen molar-refractivity contribution in [3.63, 3.8) is 0 Å². The van der Waals surface area contributed by atoms with Crippen molar-refractivity contribution in [3.05, 3.63) is 27.7 Å². The molecule has 1 aliphatic heterocycles. The molecule has 1 aromatic rings. The summed E-state index contributed by atoms with van der Waals surface area (Å²) in [5.74, 6) is 0.567. The van der Waals surface area contributed by atoms with E-state index in [9.17, 15) is 9.90 Å². The molecule has 1 aromatic carbocycles. The Bertz CT molecular complexity index is 554. The van der Waals surface area contributed by atoms with Crippen molar-refractivity contribution >= 4 is 29.1 Å². The van der Waals surface area contributed by atoms with E-state index in [-0.39, 0.29) is 5.91 Å². The van der Waals surface area contributed by atoms with Gasteiger partial charge in [-0.3, -0.25) is 9.69 Å². The number of carbonyl (C=O) groups is 1. The number of hydrogen-bond donors (Lipinski definition) is 1. The number of methoxy groups -OCH3 is 1. The molecular weight excluding hydrogens is 327 g/mol. The molecule has 0 saturated carbocycles. The van der Waals surface area contributed by atoms with Crippen LogP contribution >= 0.6 is 23.2 Å². The highest BCUT2D eigenvalue weighted by Crippen LogP contribution is 2.33. The largest absolute Gasteiger partial charge is 0.495 e. The van der Waals surface area contributed by atoms with Crippen LogP contribution in [-0.4, -0.2) is 60.2 Å². The Hall–Kier alpha value is -1.01. The maximum atomic E-state index is 11.5. The van der Waals surface area contributed by atoms with Gasteiger partial charge in [-0.15, -0.1) is 0 Å². The van der Waals surface area contributed by atoms with Crippen molar-refractivity contribution < 1.29 is 14.6 Å². The Morgan fingerprint density at radius 2 is 2.09 bits per heavy atom. The first-order chi connectivity index (χ1) is 10.4. The Morgan fingerprint density at radius 3 is 2.73 bits per heavy atom. The molecule has 2 rings (SSSR count). The molecule has 1 N–H and O–H groups in total. The molecule has 0 aromatic heterocycles. The first-order valence-electron chi connectivity index (χ1n) is 7.08. The predicted molar refractivity (Wildman–Crippen MR) is 86.6 cm³/mol. The number of β-amino-alcohol motifs (C(OH)–C–C–N with tert-alkyl or cyclic N) is 1. The van der Waals surface area contributed by atoms with Gasteiger partial charge >= 0.3 is 0 Å². The van der Waals surface area contributed by atoms with E-state index in [1.165, 1.54) is 6.92 Å². The number of carbonyl (C=O) groups excluding carboxylic acids is 1. The molecule has 1 fully saturated rings. The minimum atomic E-state index is -0.577. The molecular formula is C15H20Cl2N2O3. The van der Waals surface area contributed by atoms with Gasteiger partial charge < -0.3 is 14.7 Å². The molecule has 0 spiro atoms. The summed E-state index contributed by atoms with van der Waals surface area (Å²) in [6.07, 6.45) is -0.577. The number of hydrogen-bond acceptors (Lipinski definition) is 4. The number of amides is 1. The number of ether oxygens (including phenoxy) is 1. The van der Waals surface area contributed by atoms with Crippen LogP contribution in [0.25, 0.3) is 0 Å². The molecule has 1 aliphatic rings. The average Bonchev–Trinajstić information content (AvgIpc) is 2.60. The summed E-state index contributed by atoms with van der Waals surface area (Å²) in [7, 11) is 1.56. The molecule has 0 radical (unpaired) electrons. The van der Waals surface area contributed by atoms with Gasteiger partial charge in [-0.25, -0.2) is 0 Å². The van der Waals surface area contributed by atoms with E-state index in [0.29, 0.717) is 48.5 Å². The van der Waals surface area contributed by atoms with Gasteiger partial charge in [0, 0.05) is 50.2 Å². The van der Waals surface area contributed by atoms with Crippen molar-refractivity contribution in [1.29, 1.82) is 0 Å². The Balaban J connectivity index is 2.15. The van der Waals surface area contributed by atoms with Crippen LogP contribution in [0.5, 0.6) is 5.75 Å². The molecule has 1 heterocycles. The summed E-state index contributed by atoms with van der Waals surface area (Å²) in [5, 5.41) is 11.1. The second kappa shape index (κ2) is 7.51. The maximum absolute atomic E-state index is 11.5. The fourth-order valence-corrected chi connectivity index (χ4v) is 3.30. The molecule has 7 heteroatoms. The number of halogens is 2. The van der Waals surface area contributed by atoms with Gasteiger partial charge in [-0.2, -0.15) is 0 Å². The molecule has 1 saturated heterocycles. The van der Waals surface area contributed by atoms with E-state index in [1.54, 1.807) is 18.1 Å². The fourth-order valence-electron chi connectivity index (χ4n) is 2.69. The lowest BCUT2D eigenvalue weighted by Gasteiger charge is -2.22. The number of aliphatic hydroxyl groups excluding tert-OH is 1. The summed E-state index contributed by atoms with van der Waals surface area (Å²) >= 11 is 12.2. The summed E-state index contributed by atoms with van der Waals surface area (Å²) < 4.78 is 5.35. The van der Waals surface area contributed by atoms with Crippen LogP contribution in [-0.2, 0) is 11.3 Å². The summed E-state index contributed by atoms with van der Waals surface area (Å²) in [4.78, 5) is 15.2. The number of nitrogens with zero attached hydrogens (tertiary/aromatic N) is 2. The van der Waals surface area contributed by atoms with Crippen LogP contribution in [0.3, 0.4) is 0 Å². The van der Waals surface area contributed by atoms with Gasteiger partial charge in [0.15, 0.2) is 0 Å². The van der Waals surface area contributed by atoms with E-state index in [2.05, 4.69) is 4.90 Å². The van der Waals surface area contributed by atoms with Crippen molar-refractivity contribution in [2.75, 3.05) is 33.3 Å². The maximum Gasteiger partial charge on any atom is 0.219 e. The lowest BCUT2D eigenvalue weighted by Crippen LogP contribution is -2.36. The Morgan fingerprint density at radius 1 is 1.36 bits per heavy atom. The first-order valence-corrected chi connectivity index (χ1v) is 7.84. The van der Waals surface area contributed by atoms with Crippen molar-refractivity contribution in [3.8, 4) is 5.75 Å². The second-order valence-electron chi connectivity index (χ2n) is 5.43. The highest BCUT2D eigenvalue weighted by Gasteiger charge is 2.23. The quantitative estimate of drug-likeness (QED) is 0.909. The average molecular weight is 347 g/mol. The van der Waals surface area contributed by atoms with Gasteiger partial charge in [0.05, 0.1) is 18.2 Å². The van der Waals surface area contributed by atoms with E-state index in [0.717, 1.165) is 5.56 Å². The molecule has 0 bridgehead atoms. The van der Waals surface area contributed by atoms with Crippen LogP contribution in [0.4, 0.5) is 0 Å². The SMILES string of the molecule is COc1c(Cl)cc(Cl)cc1CN1CCN(C(C)=O)CC(O)C1. The smallest absolute Gasteiger partial charge is 0.219 e. The molecule has 22 heavy (non-hydrogen) atoms. The van der Waals surface area contributed by atoms with Crippen molar-refractivity contribution in [2.45, 2.75) is 19.6 Å². The molecule has 1 amide bonds. The number of rotatable bonds is 3. The van der Waals surface area contributed by atoms with Crippen molar-refractivity contribution in [2.24, 2.45) is 0 Å². The highest BCUT2D eigenvalue weighted by molar-refractivity contribution is 6.35. The minimum Gasteiger partial charge on any atom is -0.495 e. The summed E-state index contributed by atoms with van der Waals surface area (Å²) in [6, 6.07) is 3.45. The zero-order chi connectivity index (χ0) is 16.3. The zero-order valence-electron chi connectivity index (χ0n) is 12.7. The van der Waals surface area contributed by atoms with E-state index >= 15 is 0 Å². The van der Waals surface area contributed by atoms with Gasteiger partial charge in [0.1, 0.15) is 5.75 Å². The Kier molecular flexibility index (Phi) is 5.92. The molecule has 1 unspecified atom stereocenters. The van der Waals surface area contributed by atoms with E-state index < -0.39 is 6.10 Å². The second-order valence-corrected chi connectivity index (χ2v) is 6.28. The third-order valence-corrected chi connectivity index (χ3v) is 4.21. The summed E-state index contributed by atoms with van der Waals surface area (Å²) in [6.45, 7) is 4.16. The zero-order valence-corrected chi connectivity index (χ0v) is 14.2. The normalized spacial score (nSPS) is 19.9. The molecule has 5 nitrogen and oxygen atoms in total. The van der Waals surface area contributed by atoms with Crippen LogP contribution in [0.1, 0.15) is 12.5 Å². The third-order valence-electron chi connectivity index (χ3n) is 3.71. The van der Waals surface area contributed by atoms with Crippen LogP contribution in [0, 0.1) is 0 Å². The van der Waals surface area contributed by atoms with Crippen LogP contribution in [0.2, 0.25) is 10.0 Å². The lowest BCUT2D eigenvalue weighted by atomic mass is 10.1. The van der Waals surface area contributed by atoms with Gasteiger partial charge in [0.2, 0.25) is 5.91 Å². The molecule has 1 atom stereocenters. The van der Waals surface area contributed by atoms with E-state index in [4.69, 9.17) is 27.9 Å². The van der Waals surface area contributed by atoms with Gasteiger partial charge in [-0.1, -0.05) is 23.2 Å². The van der Waals surface area contributed by atoms with E-state index in [1.807, 2.05) is 6.07 Å². The topological polar surface area (TPSA) is 53.0 Å². The van der Waals surface area contributed by atoms with Crippen LogP contribution in [0.15, 0.2) is 12.1 Å². The monoisotopic (exact) mass is 346 g/mol. The van der Waals surface area contributed by atoms with Crippen molar-refractivity contribution in [1.82, 2.24) is 9.80 Å². The van der Waals surface area contributed by atoms with Crippen LogP contribution < -0.4 is 4.74 Å². The predicted octanol–water partition coefficient (Wildman–Crippen LogP) is 2.03. The number of benzene rings is 1. The van der Waals surface area contributed by atoms with Gasteiger partial charge in [-0.05, 0) is 12.1 Å². The molecule has 0 aliphatic carbocycles. The summed E-state index contributed by atoms with van der Waals surface area (Å²) in [5.41, 5.74) is 0.864. The number of aliphatic hydroxyl groups is 1. The van der Waals surface area contributed by atoms with Gasteiger partial charge in [0.25, 0.3) is 0 Å². The fraction of sp³-hybridized carbons (Fsp3) is 0.533. The lowest BCUT2D eigenvalue weighted by molar-refractivity contribution is -0.129.